The fraction of sp³-hybridized carbons (Fsp3) is 0.333. The molecule has 0 bridgehead atoms. The first kappa shape index (κ1) is 17.4. The number of carboxylic acids is 1. The molecule has 9 heteroatoms. The molecule has 0 spiro atoms. The van der Waals surface area contributed by atoms with E-state index < -0.39 is 27.9 Å². The lowest BCUT2D eigenvalue weighted by atomic mass is 10.2. The maximum absolute atomic E-state index is 12.2. The molecule has 1 amide bonds. The summed E-state index contributed by atoms with van der Waals surface area (Å²) in [5, 5.41) is 8.76. The Balaban J connectivity index is 3.17. The lowest BCUT2D eigenvalue weighted by Gasteiger charge is -2.18. The van der Waals surface area contributed by atoms with Crippen LogP contribution in [0.5, 0.6) is 0 Å². The molecule has 0 radical (unpaired) electrons. The lowest BCUT2D eigenvalue weighted by molar-refractivity contribution is -0.130. The summed E-state index contributed by atoms with van der Waals surface area (Å²) in [5.41, 5.74) is -0.216. The molecule has 0 aliphatic heterocycles. The number of halogens is 1. The molecule has 1 rings (SSSR count). The van der Waals surface area contributed by atoms with Crippen LogP contribution in [0.2, 0.25) is 5.02 Å². The van der Waals surface area contributed by atoms with E-state index in [1.807, 2.05) is 0 Å². The van der Waals surface area contributed by atoms with Crippen LogP contribution in [0.25, 0.3) is 0 Å². The van der Waals surface area contributed by atoms with E-state index >= 15 is 0 Å². The monoisotopic (exact) mass is 334 g/mol. The van der Waals surface area contributed by atoms with Crippen LogP contribution in [0.1, 0.15) is 17.3 Å². The minimum absolute atomic E-state index is 0.128. The quantitative estimate of drug-likeness (QED) is 0.828. The predicted molar refractivity (Wildman–Crippen MR) is 76.9 cm³/mol. The number of carbonyl (C=O) groups excluding carboxylic acids is 1. The number of aromatic carboxylic acids is 1. The Hall–Kier alpha value is -1.64. The Morgan fingerprint density at radius 2 is 1.90 bits per heavy atom. The van der Waals surface area contributed by atoms with Gasteiger partial charge in [0.2, 0.25) is 15.9 Å². The van der Waals surface area contributed by atoms with E-state index in [-0.39, 0.29) is 15.5 Å². The van der Waals surface area contributed by atoms with Gasteiger partial charge in [0.05, 0.1) is 16.6 Å². The highest BCUT2D eigenvalue weighted by molar-refractivity contribution is 7.89. The molecule has 21 heavy (non-hydrogen) atoms. The first-order chi connectivity index (χ1) is 9.56. The van der Waals surface area contributed by atoms with Gasteiger partial charge in [-0.05, 0) is 25.1 Å². The number of carbonyl (C=O) groups is 2. The summed E-state index contributed by atoms with van der Waals surface area (Å²) in [7, 11) is -1.14. The predicted octanol–water partition coefficient (Wildman–Crippen LogP) is 0.793. The summed E-state index contributed by atoms with van der Waals surface area (Å²) in [5.74, 6) is -1.72. The number of sulfonamides is 1. The van der Waals surface area contributed by atoms with Crippen LogP contribution in [0.15, 0.2) is 23.1 Å². The number of likely N-dealkylation sites (N-methyl/N-ethyl adjacent to an activating group) is 1. The van der Waals surface area contributed by atoms with Crippen molar-refractivity contribution >= 4 is 33.5 Å². The van der Waals surface area contributed by atoms with Crippen LogP contribution in [-0.4, -0.2) is 50.4 Å². The summed E-state index contributed by atoms with van der Waals surface area (Å²) in [6, 6.07) is 2.31. The second-order valence-corrected chi connectivity index (χ2v) is 6.62. The number of hydrogen-bond donors (Lipinski definition) is 2. The highest BCUT2D eigenvalue weighted by Gasteiger charge is 2.25. The van der Waals surface area contributed by atoms with Gasteiger partial charge in [0.25, 0.3) is 0 Å². The molecule has 0 fully saturated rings. The van der Waals surface area contributed by atoms with Crippen molar-refractivity contribution < 1.29 is 23.1 Å². The molecular weight excluding hydrogens is 320 g/mol. The Kier molecular flexibility index (Phi) is 5.32. The van der Waals surface area contributed by atoms with Crippen LogP contribution >= 0.6 is 11.6 Å². The van der Waals surface area contributed by atoms with Gasteiger partial charge in [-0.2, -0.15) is 4.72 Å². The third-order valence-electron chi connectivity index (χ3n) is 2.61. The molecular formula is C12H15ClN2O5S. The smallest absolute Gasteiger partial charge is 0.335 e. The van der Waals surface area contributed by atoms with E-state index in [0.717, 1.165) is 6.07 Å². The molecule has 1 aromatic rings. The number of nitrogens with one attached hydrogen (secondary N) is 1. The number of carboxylic acid groups (broad SMARTS) is 1. The molecule has 0 aliphatic carbocycles. The summed E-state index contributed by atoms with van der Waals surface area (Å²) >= 11 is 5.80. The SMILES string of the molecule is CC(NS(=O)(=O)c1cc(C(=O)O)ccc1Cl)C(=O)N(C)C. The van der Waals surface area contributed by atoms with Gasteiger partial charge in [0, 0.05) is 14.1 Å². The van der Waals surface area contributed by atoms with E-state index in [1.54, 1.807) is 0 Å². The fourth-order valence-electron chi connectivity index (χ4n) is 1.58. The van der Waals surface area contributed by atoms with Crippen molar-refractivity contribution in [2.24, 2.45) is 0 Å². The molecule has 0 aromatic heterocycles. The lowest BCUT2D eigenvalue weighted by Crippen LogP contribution is -2.44. The number of rotatable bonds is 5. The van der Waals surface area contributed by atoms with Crippen molar-refractivity contribution in [3.8, 4) is 0 Å². The maximum Gasteiger partial charge on any atom is 0.335 e. The van der Waals surface area contributed by atoms with Gasteiger partial charge in [-0.1, -0.05) is 11.6 Å². The van der Waals surface area contributed by atoms with Crippen molar-refractivity contribution in [1.29, 1.82) is 0 Å². The fourth-order valence-corrected chi connectivity index (χ4v) is 3.30. The summed E-state index contributed by atoms with van der Waals surface area (Å²) in [6.45, 7) is 1.38. The number of nitrogens with zero attached hydrogens (tertiary/aromatic N) is 1. The molecule has 0 saturated heterocycles. The molecule has 0 saturated carbocycles. The Morgan fingerprint density at radius 3 is 2.38 bits per heavy atom. The number of amides is 1. The molecule has 0 aliphatic rings. The van der Waals surface area contributed by atoms with Gasteiger partial charge in [0.15, 0.2) is 0 Å². The van der Waals surface area contributed by atoms with E-state index in [0.29, 0.717) is 0 Å². The third-order valence-corrected chi connectivity index (χ3v) is 4.63. The van der Waals surface area contributed by atoms with Crippen LogP contribution in [-0.2, 0) is 14.8 Å². The first-order valence-electron chi connectivity index (χ1n) is 5.82. The Labute approximate surface area is 127 Å². The average molecular weight is 335 g/mol. The van der Waals surface area contributed by atoms with Crippen molar-refractivity contribution in [1.82, 2.24) is 9.62 Å². The highest BCUT2D eigenvalue weighted by Crippen LogP contribution is 2.23. The zero-order chi connectivity index (χ0) is 16.4. The van der Waals surface area contributed by atoms with Crippen LogP contribution in [0.3, 0.4) is 0 Å². The molecule has 1 unspecified atom stereocenters. The molecule has 1 aromatic carbocycles. The zero-order valence-corrected chi connectivity index (χ0v) is 13.2. The Bertz CT molecular complexity index is 672. The molecule has 0 heterocycles. The topological polar surface area (TPSA) is 104 Å². The van der Waals surface area contributed by atoms with Crippen molar-refractivity contribution in [2.45, 2.75) is 17.9 Å². The molecule has 7 nitrogen and oxygen atoms in total. The van der Waals surface area contributed by atoms with Crippen molar-refractivity contribution in [3.05, 3.63) is 28.8 Å². The molecule has 2 N–H and O–H groups in total. The summed E-state index contributed by atoms with van der Waals surface area (Å²) in [4.78, 5) is 23.4. The normalized spacial score (nSPS) is 12.8. The van der Waals surface area contributed by atoms with E-state index in [2.05, 4.69) is 4.72 Å². The average Bonchev–Trinajstić information content (AvgIpc) is 2.36. The standard InChI is InChI=1S/C12H15ClN2O5S/c1-7(11(16)15(2)3)14-21(19,20)10-6-8(12(17)18)4-5-9(10)13/h4-7,14H,1-3H3,(H,17,18). The highest BCUT2D eigenvalue weighted by atomic mass is 35.5. The minimum atomic E-state index is -4.12. The van der Waals surface area contributed by atoms with Gasteiger partial charge in [-0.15, -0.1) is 0 Å². The minimum Gasteiger partial charge on any atom is -0.478 e. The second-order valence-electron chi connectivity index (χ2n) is 4.53. The second kappa shape index (κ2) is 6.42. The molecule has 1 atom stereocenters. The van der Waals surface area contributed by atoms with Gasteiger partial charge in [0.1, 0.15) is 4.90 Å². The van der Waals surface area contributed by atoms with Gasteiger partial charge >= 0.3 is 5.97 Å². The third kappa shape index (κ3) is 4.16. The van der Waals surface area contributed by atoms with Crippen molar-refractivity contribution in [2.75, 3.05) is 14.1 Å². The summed E-state index contributed by atoms with van der Waals surface area (Å²) in [6.07, 6.45) is 0. The largest absolute Gasteiger partial charge is 0.478 e. The number of benzene rings is 1. The van der Waals surface area contributed by atoms with Crippen LogP contribution < -0.4 is 4.72 Å². The van der Waals surface area contributed by atoms with Crippen molar-refractivity contribution in [3.63, 3.8) is 0 Å². The Morgan fingerprint density at radius 1 is 1.33 bits per heavy atom. The molecule has 116 valence electrons. The first-order valence-corrected chi connectivity index (χ1v) is 7.68. The van der Waals surface area contributed by atoms with Gasteiger partial charge in [-0.25, -0.2) is 13.2 Å². The maximum atomic E-state index is 12.2. The van der Waals surface area contributed by atoms with Crippen LogP contribution in [0.4, 0.5) is 0 Å². The zero-order valence-electron chi connectivity index (χ0n) is 11.6. The van der Waals surface area contributed by atoms with Crippen LogP contribution in [0, 0.1) is 0 Å². The number of hydrogen-bond acceptors (Lipinski definition) is 4. The summed E-state index contributed by atoms with van der Waals surface area (Å²) < 4.78 is 26.6. The van der Waals surface area contributed by atoms with Gasteiger partial charge < -0.3 is 10.0 Å². The van der Waals surface area contributed by atoms with E-state index in [1.165, 1.54) is 38.1 Å². The van der Waals surface area contributed by atoms with Gasteiger partial charge in [-0.3, -0.25) is 4.79 Å². The van der Waals surface area contributed by atoms with E-state index in [4.69, 9.17) is 16.7 Å². The van der Waals surface area contributed by atoms with E-state index in [9.17, 15) is 18.0 Å².